The number of aromatic nitrogens is 3. The minimum absolute atomic E-state index is 0.0606. The minimum Gasteiger partial charge on any atom is -0.479 e. The summed E-state index contributed by atoms with van der Waals surface area (Å²) in [4.78, 5) is 29.7. The third-order valence-corrected chi connectivity index (χ3v) is 3.85. The number of amides is 1. The molecule has 1 aromatic heterocycles. The molecule has 7 nitrogen and oxygen atoms in total. The van der Waals surface area contributed by atoms with E-state index in [4.69, 9.17) is 0 Å². The third-order valence-electron chi connectivity index (χ3n) is 3.85. The number of nitrogens with zero attached hydrogens (tertiary/aromatic N) is 3. The summed E-state index contributed by atoms with van der Waals surface area (Å²) in [6.45, 7) is 4.28. The number of carboxylic acid groups (broad SMARTS) is 1. The molecule has 1 fully saturated rings. The molecule has 1 aromatic rings. The summed E-state index contributed by atoms with van der Waals surface area (Å²) >= 11 is 0. The van der Waals surface area contributed by atoms with E-state index >= 15 is 0 Å². The smallest absolute Gasteiger partial charge is 0.329 e. The van der Waals surface area contributed by atoms with Crippen molar-refractivity contribution in [3.63, 3.8) is 0 Å². The van der Waals surface area contributed by atoms with Gasteiger partial charge in [-0.05, 0) is 19.3 Å². The van der Waals surface area contributed by atoms with Crippen LogP contribution in [0.2, 0.25) is 0 Å². The maximum Gasteiger partial charge on any atom is 0.329 e. The number of nitrogens with one attached hydrogen (secondary N) is 1. The molecule has 20 heavy (non-hydrogen) atoms. The summed E-state index contributed by atoms with van der Waals surface area (Å²) in [6.07, 6.45) is 3.01. The van der Waals surface area contributed by atoms with Gasteiger partial charge in [-0.15, -0.1) is 5.10 Å². The molecule has 110 valence electrons. The van der Waals surface area contributed by atoms with Gasteiger partial charge in [0.1, 0.15) is 11.4 Å². The van der Waals surface area contributed by atoms with E-state index in [1.54, 1.807) is 0 Å². The maximum atomic E-state index is 12.5. The normalized spacial score (nSPS) is 22.2. The number of hydrogen-bond donors (Lipinski definition) is 2. The molecule has 1 aliphatic heterocycles. The second-order valence-corrected chi connectivity index (χ2v) is 5.11. The van der Waals surface area contributed by atoms with Crippen LogP contribution in [0.3, 0.4) is 0 Å². The summed E-state index contributed by atoms with van der Waals surface area (Å²) in [7, 11) is 0. The second-order valence-electron chi connectivity index (χ2n) is 5.11. The Balaban J connectivity index is 2.29. The molecule has 0 bridgehead atoms. The van der Waals surface area contributed by atoms with Gasteiger partial charge in [0, 0.05) is 13.0 Å². The van der Waals surface area contributed by atoms with Gasteiger partial charge in [0.15, 0.2) is 0 Å². The summed E-state index contributed by atoms with van der Waals surface area (Å²) in [5, 5.41) is 16.2. The highest BCUT2D eigenvalue weighted by atomic mass is 16.4. The topological polar surface area (TPSA) is 99.2 Å². The lowest BCUT2D eigenvalue weighted by Gasteiger charge is -2.33. The molecular formula is C13H20N4O3. The minimum atomic E-state index is -1.10. The Kier molecular flexibility index (Phi) is 4.06. The first-order valence-corrected chi connectivity index (χ1v) is 7.01. The predicted molar refractivity (Wildman–Crippen MR) is 71.3 cm³/mol. The largest absolute Gasteiger partial charge is 0.479 e. The van der Waals surface area contributed by atoms with Crippen LogP contribution in [0.4, 0.5) is 0 Å². The Morgan fingerprint density at radius 1 is 1.45 bits per heavy atom. The van der Waals surface area contributed by atoms with Gasteiger partial charge in [0.2, 0.25) is 5.82 Å². The van der Waals surface area contributed by atoms with Crippen LogP contribution in [0.5, 0.6) is 0 Å². The Hall–Kier alpha value is -1.92. The van der Waals surface area contributed by atoms with E-state index in [0.29, 0.717) is 44.5 Å². The first kappa shape index (κ1) is 14.5. The summed E-state index contributed by atoms with van der Waals surface area (Å²) in [5.74, 6) is -0.639. The van der Waals surface area contributed by atoms with E-state index in [1.807, 2.05) is 13.8 Å². The Bertz CT molecular complexity index is 513. The van der Waals surface area contributed by atoms with Crippen LogP contribution in [-0.2, 0) is 11.2 Å². The third kappa shape index (κ3) is 2.28. The quantitative estimate of drug-likeness (QED) is 0.845. The fraction of sp³-hybridized carbons (Fsp3) is 0.692. The zero-order valence-electron chi connectivity index (χ0n) is 11.8. The molecule has 0 radical (unpaired) electrons. The van der Waals surface area contributed by atoms with Gasteiger partial charge < -0.3 is 10.0 Å². The second kappa shape index (κ2) is 5.60. The standard InChI is InChI=1S/C13H20N4O3/c1-3-6-13(12(19)20)7-5-8-17(13)11(18)10-14-9(4-2)15-16-10/h3-8H2,1-2H3,(H,19,20)(H,14,15,16). The number of carboxylic acids is 1. The number of hydrogen-bond acceptors (Lipinski definition) is 4. The van der Waals surface area contributed by atoms with Crippen molar-refractivity contribution in [2.45, 2.75) is 51.5 Å². The Morgan fingerprint density at radius 2 is 2.20 bits per heavy atom. The fourth-order valence-electron chi connectivity index (χ4n) is 2.85. The first-order valence-electron chi connectivity index (χ1n) is 7.01. The zero-order chi connectivity index (χ0) is 14.8. The molecule has 2 N–H and O–H groups in total. The predicted octanol–water partition coefficient (Wildman–Crippen LogP) is 1.23. The SMILES string of the molecule is CCCC1(C(=O)O)CCCN1C(=O)c1n[nH]c(CC)n1. The number of H-pyrrole nitrogens is 1. The van der Waals surface area contributed by atoms with Crippen molar-refractivity contribution in [3.05, 3.63) is 11.6 Å². The maximum absolute atomic E-state index is 12.5. The van der Waals surface area contributed by atoms with E-state index in [0.717, 1.165) is 0 Å². The van der Waals surface area contributed by atoms with E-state index in [9.17, 15) is 14.7 Å². The molecule has 1 atom stereocenters. The molecule has 1 aliphatic rings. The van der Waals surface area contributed by atoms with Crippen LogP contribution >= 0.6 is 0 Å². The number of aryl methyl sites for hydroxylation is 1. The molecule has 1 unspecified atom stereocenters. The number of aromatic amines is 1. The highest BCUT2D eigenvalue weighted by molar-refractivity contribution is 5.95. The molecule has 0 saturated carbocycles. The van der Waals surface area contributed by atoms with E-state index in [2.05, 4.69) is 15.2 Å². The molecule has 1 amide bonds. The van der Waals surface area contributed by atoms with Crippen molar-refractivity contribution < 1.29 is 14.7 Å². The molecule has 0 aliphatic carbocycles. The van der Waals surface area contributed by atoms with Crippen LogP contribution in [0, 0.1) is 0 Å². The Morgan fingerprint density at radius 3 is 2.75 bits per heavy atom. The van der Waals surface area contributed by atoms with Crippen LogP contribution in [-0.4, -0.2) is 49.1 Å². The zero-order valence-corrected chi connectivity index (χ0v) is 11.8. The monoisotopic (exact) mass is 280 g/mol. The van der Waals surface area contributed by atoms with Crippen LogP contribution in [0.1, 0.15) is 56.0 Å². The van der Waals surface area contributed by atoms with Crippen LogP contribution in [0.25, 0.3) is 0 Å². The number of carbonyl (C=O) groups excluding carboxylic acids is 1. The van der Waals surface area contributed by atoms with Gasteiger partial charge in [-0.2, -0.15) is 0 Å². The van der Waals surface area contributed by atoms with Crippen LogP contribution < -0.4 is 0 Å². The molecule has 0 aromatic carbocycles. The number of carbonyl (C=O) groups is 2. The van der Waals surface area contributed by atoms with Crippen molar-refractivity contribution in [2.75, 3.05) is 6.54 Å². The van der Waals surface area contributed by atoms with E-state index < -0.39 is 17.4 Å². The first-order chi connectivity index (χ1) is 9.55. The molecule has 2 rings (SSSR count). The lowest BCUT2D eigenvalue weighted by molar-refractivity contribution is -0.148. The average molecular weight is 280 g/mol. The number of likely N-dealkylation sites (tertiary alicyclic amines) is 1. The summed E-state index contributed by atoms with van der Waals surface area (Å²) in [5.41, 5.74) is -1.10. The van der Waals surface area contributed by atoms with Crippen LogP contribution in [0.15, 0.2) is 0 Å². The average Bonchev–Trinajstić information content (AvgIpc) is 3.05. The highest BCUT2D eigenvalue weighted by Gasteiger charge is 2.50. The van der Waals surface area contributed by atoms with Gasteiger partial charge in [-0.1, -0.05) is 20.3 Å². The Labute approximate surface area is 117 Å². The molecule has 1 saturated heterocycles. The molecule has 7 heteroatoms. The lowest BCUT2D eigenvalue weighted by Crippen LogP contribution is -2.53. The van der Waals surface area contributed by atoms with E-state index in [1.165, 1.54) is 4.90 Å². The highest BCUT2D eigenvalue weighted by Crippen LogP contribution is 2.34. The summed E-state index contributed by atoms with van der Waals surface area (Å²) < 4.78 is 0. The van der Waals surface area contributed by atoms with Crippen molar-refractivity contribution in [2.24, 2.45) is 0 Å². The van der Waals surface area contributed by atoms with Crippen molar-refractivity contribution in [1.29, 1.82) is 0 Å². The summed E-state index contributed by atoms with van der Waals surface area (Å²) in [6, 6.07) is 0. The van der Waals surface area contributed by atoms with Gasteiger partial charge in [0.05, 0.1) is 0 Å². The van der Waals surface area contributed by atoms with Crippen molar-refractivity contribution in [1.82, 2.24) is 20.1 Å². The van der Waals surface area contributed by atoms with Gasteiger partial charge in [0.25, 0.3) is 5.91 Å². The van der Waals surface area contributed by atoms with Gasteiger partial charge in [-0.25, -0.2) is 9.78 Å². The fourth-order valence-corrected chi connectivity index (χ4v) is 2.85. The lowest BCUT2D eigenvalue weighted by atomic mass is 9.90. The van der Waals surface area contributed by atoms with Crippen molar-refractivity contribution >= 4 is 11.9 Å². The molecular weight excluding hydrogens is 260 g/mol. The van der Waals surface area contributed by atoms with E-state index in [-0.39, 0.29) is 5.82 Å². The van der Waals surface area contributed by atoms with Crippen molar-refractivity contribution in [3.8, 4) is 0 Å². The van der Waals surface area contributed by atoms with Gasteiger partial charge >= 0.3 is 5.97 Å². The number of aliphatic carboxylic acids is 1. The molecule has 2 heterocycles. The number of rotatable bonds is 5. The van der Waals surface area contributed by atoms with Gasteiger partial charge in [-0.3, -0.25) is 9.89 Å². The molecule has 0 spiro atoms.